The van der Waals surface area contributed by atoms with Gasteiger partial charge in [-0.05, 0) is 36.3 Å². The fourth-order valence-corrected chi connectivity index (χ4v) is 5.35. The number of aliphatic imine (C=N–C) groups is 1. The summed E-state index contributed by atoms with van der Waals surface area (Å²) in [6.45, 7) is 1.76. The van der Waals surface area contributed by atoms with Gasteiger partial charge in [-0.25, -0.2) is 13.4 Å². The van der Waals surface area contributed by atoms with E-state index in [9.17, 15) is 31.2 Å². The zero-order valence-electron chi connectivity index (χ0n) is 16.0. The van der Waals surface area contributed by atoms with Crippen LogP contribution in [0.25, 0.3) is 0 Å². The zero-order valence-corrected chi connectivity index (χ0v) is 16.8. The van der Waals surface area contributed by atoms with Gasteiger partial charge in [0.25, 0.3) is 5.91 Å². The van der Waals surface area contributed by atoms with Crippen LogP contribution in [0.2, 0.25) is 0 Å². The highest BCUT2D eigenvalue weighted by molar-refractivity contribution is 7.91. The van der Waals surface area contributed by atoms with Gasteiger partial charge < -0.3 is 5.32 Å². The number of allylic oxidation sites excluding steroid dienone is 1. The van der Waals surface area contributed by atoms with E-state index in [1.165, 1.54) is 12.1 Å². The van der Waals surface area contributed by atoms with Crippen molar-refractivity contribution in [1.29, 1.82) is 0 Å². The molecule has 0 spiro atoms. The first-order chi connectivity index (χ1) is 14.5. The average Bonchev–Trinajstić information content (AvgIpc) is 2.70. The molecule has 0 radical (unpaired) electrons. The number of aryl methyl sites for hydroxylation is 1. The minimum atomic E-state index is -4.80. The second kappa shape index (κ2) is 7.16. The minimum absolute atomic E-state index is 0.0135. The van der Waals surface area contributed by atoms with Crippen molar-refractivity contribution in [2.75, 3.05) is 0 Å². The first-order valence-electron chi connectivity index (χ1n) is 9.13. The van der Waals surface area contributed by atoms with E-state index >= 15 is 0 Å². The molecule has 2 heterocycles. The van der Waals surface area contributed by atoms with E-state index < -0.39 is 45.5 Å². The molecule has 2 amide bonds. The van der Waals surface area contributed by atoms with Crippen LogP contribution in [0.4, 0.5) is 13.2 Å². The summed E-state index contributed by atoms with van der Waals surface area (Å²) in [5, 5.41) is 2.62. The molecule has 0 bridgehead atoms. The van der Waals surface area contributed by atoms with E-state index in [1.54, 1.807) is 37.3 Å². The molecule has 2 aromatic rings. The third-order valence-corrected chi connectivity index (χ3v) is 6.99. The number of fused-ring (bicyclic) bond motifs is 2. The summed E-state index contributed by atoms with van der Waals surface area (Å²) in [5.41, 5.74) is -0.00305. The van der Waals surface area contributed by atoms with Crippen LogP contribution in [0, 0.1) is 12.8 Å². The number of nitrogens with one attached hydrogen (secondary N) is 1. The molecule has 31 heavy (non-hydrogen) atoms. The van der Waals surface area contributed by atoms with Crippen LogP contribution in [-0.2, 0) is 19.4 Å². The maximum Gasteiger partial charge on any atom is 0.433 e. The highest BCUT2D eigenvalue weighted by Gasteiger charge is 2.41. The monoisotopic (exact) mass is 448 g/mol. The number of dihydropyridines is 1. The number of carbonyl (C=O) groups excluding carboxylic acids is 2. The maximum absolute atomic E-state index is 13.0. The lowest BCUT2D eigenvalue weighted by Gasteiger charge is -2.30. The standard InChI is InChI=1S/C21H15F3N2O4S/c1-11-6-8-16-14(10-11)18(12-4-2-3-5-15(12)31(16,29)30)26-20(28)13-7-9-17(21(22,23)24)25-19(13)27/h2-10,13,18H,1H3,(H,26,28). The lowest BCUT2D eigenvalue weighted by Crippen LogP contribution is -2.40. The molecular weight excluding hydrogens is 433 g/mol. The third-order valence-electron chi connectivity index (χ3n) is 5.09. The van der Waals surface area contributed by atoms with Gasteiger partial charge in [-0.1, -0.05) is 42.0 Å². The minimum Gasteiger partial charge on any atom is -0.344 e. The number of nitrogens with zero attached hydrogens (tertiary/aromatic N) is 1. The van der Waals surface area contributed by atoms with Crippen LogP contribution in [0.1, 0.15) is 22.7 Å². The van der Waals surface area contributed by atoms with E-state index in [0.29, 0.717) is 17.2 Å². The van der Waals surface area contributed by atoms with Crippen molar-refractivity contribution in [3.63, 3.8) is 0 Å². The molecule has 4 rings (SSSR count). The summed E-state index contributed by atoms with van der Waals surface area (Å²) >= 11 is 0. The Morgan fingerprint density at radius 1 is 1.06 bits per heavy atom. The van der Waals surface area contributed by atoms with Crippen molar-refractivity contribution in [3.05, 3.63) is 71.3 Å². The molecule has 2 unspecified atom stereocenters. The second-order valence-electron chi connectivity index (χ2n) is 7.19. The fraction of sp³-hybridized carbons (Fsp3) is 0.190. The fourth-order valence-electron chi connectivity index (χ4n) is 3.63. The molecule has 160 valence electrons. The van der Waals surface area contributed by atoms with Gasteiger partial charge in [0.1, 0.15) is 11.6 Å². The summed E-state index contributed by atoms with van der Waals surface area (Å²) in [4.78, 5) is 27.9. The molecule has 0 aromatic heterocycles. The van der Waals surface area contributed by atoms with Gasteiger partial charge >= 0.3 is 6.18 Å². The molecule has 0 saturated heterocycles. The van der Waals surface area contributed by atoms with Crippen molar-refractivity contribution in [2.24, 2.45) is 10.9 Å². The van der Waals surface area contributed by atoms with Gasteiger partial charge in [0.05, 0.1) is 15.8 Å². The van der Waals surface area contributed by atoms with E-state index in [2.05, 4.69) is 10.3 Å². The summed E-state index contributed by atoms with van der Waals surface area (Å²) in [6, 6.07) is 9.90. The Morgan fingerprint density at radius 3 is 2.42 bits per heavy atom. The number of sulfone groups is 1. The molecule has 0 fully saturated rings. The predicted octanol–water partition coefficient (Wildman–Crippen LogP) is 3.06. The van der Waals surface area contributed by atoms with Crippen molar-refractivity contribution >= 4 is 27.4 Å². The maximum atomic E-state index is 13.0. The normalized spacial score (nSPS) is 21.7. The van der Waals surface area contributed by atoms with E-state index in [1.807, 2.05) is 0 Å². The molecule has 1 N–H and O–H groups in total. The third kappa shape index (κ3) is 3.56. The van der Waals surface area contributed by atoms with Crippen LogP contribution in [0.5, 0.6) is 0 Å². The number of carbonyl (C=O) groups is 2. The Labute approximate surface area is 175 Å². The van der Waals surface area contributed by atoms with Crippen LogP contribution >= 0.6 is 0 Å². The number of rotatable bonds is 2. The molecule has 10 heteroatoms. The second-order valence-corrected chi connectivity index (χ2v) is 9.08. The Morgan fingerprint density at radius 2 is 1.74 bits per heavy atom. The Balaban J connectivity index is 1.73. The molecule has 0 saturated carbocycles. The Hall–Kier alpha value is -3.27. The number of benzene rings is 2. The lowest BCUT2D eigenvalue weighted by atomic mass is 9.95. The number of hydrogen-bond donors (Lipinski definition) is 1. The SMILES string of the molecule is Cc1ccc2c(c1)C(NC(=O)C1C=CC(C(F)(F)F)=NC1=O)c1ccccc1S2(=O)=O. The topological polar surface area (TPSA) is 92.7 Å². The first kappa shape index (κ1) is 21.0. The van der Waals surface area contributed by atoms with Crippen molar-refractivity contribution in [1.82, 2.24) is 5.32 Å². The van der Waals surface area contributed by atoms with Crippen molar-refractivity contribution in [2.45, 2.75) is 28.9 Å². The van der Waals surface area contributed by atoms with Crippen LogP contribution < -0.4 is 5.32 Å². The summed E-state index contributed by atoms with van der Waals surface area (Å²) in [5.74, 6) is -3.67. The van der Waals surface area contributed by atoms with E-state index in [0.717, 1.165) is 11.6 Å². The number of amides is 2. The average molecular weight is 448 g/mol. The molecule has 2 atom stereocenters. The summed E-state index contributed by atoms with van der Waals surface area (Å²) < 4.78 is 64.3. The first-order valence-corrected chi connectivity index (χ1v) is 10.6. The van der Waals surface area contributed by atoms with Gasteiger partial charge in [0.2, 0.25) is 15.7 Å². The Bertz CT molecular complexity index is 1280. The van der Waals surface area contributed by atoms with E-state index in [4.69, 9.17) is 0 Å². The van der Waals surface area contributed by atoms with Gasteiger partial charge in [-0.15, -0.1) is 0 Å². The van der Waals surface area contributed by atoms with Gasteiger partial charge in [0, 0.05) is 0 Å². The number of hydrogen-bond acceptors (Lipinski definition) is 4. The highest BCUT2D eigenvalue weighted by atomic mass is 32.2. The van der Waals surface area contributed by atoms with Crippen molar-refractivity contribution < 1.29 is 31.2 Å². The van der Waals surface area contributed by atoms with Gasteiger partial charge in [-0.2, -0.15) is 13.2 Å². The molecular formula is C21H15F3N2O4S. The summed E-state index contributed by atoms with van der Waals surface area (Å²) in [7, 11) is -3.83. The number of halogens is 3. The summed E-state index contributed by atoms with van der Waals surface area (Å²) in [6.07, 6.45) is -3.38. The Kier molecular flexibility index (Phi) is 4.84. The smallest absolute Gasteiger partial charge is 0.344 e. The quantitative estimate of drug-likeness (QED) is 0.715. The molecule has 2 aromatic carbocycles. The predicted molar refractivity (Wildman–Crippen MR) is 104 cm³/mol. The van der Waals surface area contributed by atoms with Crippen LogP contribution in [0.15, 0.2) is 69.4 Å². The molecule has 2 aliphatic rings. The molecule has 0 aliphatic carbocycles. The van der Waals surface area contributed by atoms with Crippen LogP contribution in [0.3, 0.4) is 0 Å². The lowest BCUT2D eigenvalue weighted by molar-refractivity contribution is -0.132. The van der Waals surface area contributed by atoms with Gasteiger partial charge in [0.15, 0.2) is 0 Å². The van der Waals surface area contributed by atoms with E-state index in [-0.39, 0.29) is 9.79 Å². The largest absolute Gasteiger partial charge is 0.433 e. The number of alkyl halides is 3. The van der Waals surface area contributed by atoms with Crippen LogP contribution in [-0.4, -0.2) is 32.1 Å². The zero-order chi connectivity index (χ0) is 22.6. The molecule has 6 nitrogen and oxygen atoms in total. The van der Waals surface area contributed by atoms with Crippen molar-refractivity contribution in [3.8, 4) is 0 Å². The highest BCUT2D eigenvalue weighted by Crippen LogP contribution is 2.41. The molecule has 2 aliphatic heterocycles. The van der Waals surface area contributed by atoms with Gasteiger partial charge in [-0.3, -0.25) is 9.59 Å².